The van der Waals surface area contributed by atoms with Gasteiger partial charge in [-0.2, -0.15) is 0 Å². The van der Waals surface area contributed by atoms with Crippen LogP contribution in [0.3, 0.4) is 0 Å². The van der Waals surface area contributed by atoms with Gasteiger partial charge in [0.25, 0.3) is 0 Å². The van der Waals surface area contributed by atoms with Crippen LogP contribution in [0.15, 0.2) is 57.9 Å². The molecule has 20 heavy (non-hydrogen) atoms. The molecule has 0 saturated heterocycles. The van der Waals surface area contributed by atoms with E-state index in [0.29, 0.717) is 22.5 Å². The van der Waals surface area contributed by atoms with Gasteiger partial charge in [0.05, 0.1) is 4.90 Å². The first kappa shape index (κ1) is 15.5. The molecule has 0 aliphatic carbocycles. The molecule has 0 amide bonds. The SMILES string of the molecule is O=S(=O)(NCCc1ccc(Cl)cc1)c1ccccc1Br. The fourth-order valence-electron chi connectivity index (χ4n) is 1.72. The van der Waals surface area contributed by atoms with Gasteiger partial charge in [0.1, 0.15) is 0 Å². The molecular formula is C14H13BrClNO2S. The summed E-state index contributed by atoms with van der Waals surface area (Å²) in [4.78, 5) is 0.246. The van der Waals surface area contributed by atoms with Gasteiger partial charge in [0.15, 0.2) is 0 Å². The minimum atomic E-state index is -3.49. The van der Waals surface area contributed by atoms with Crippen LogP contribution in [0, 0.1) is 0 Å². The molecule has 6 heteroatoms. The molecule has 106 valence electrons. The molecule has 0 unspecified atom stereocenters. The van der Waals surface area contributed by atoms with Gasteiger partial charge in [-0.3, -0.25) is 0 Å². The van der Waals surface area contributed by atoms with Crippen molar-refractivity contribution in [3.8, 4) is 0 Å². The minimum Gasteiger partial charge on any atom is -0.211 e. The molecule has 2 aromatic rings. The lowest BCUT2D eigenvalue weighted by molar-refractivity contribution is 0.581. The van der Waals surface area contributed by atoms with Crippen LogP contribution in [-0.4, -0.2) is 15.0 Å². The highest BCUT2D eigenvalue weighted by Crippen LogP contribution is 2.20. The third-order valence-electron chi connectivity index (χ3n) is 2.75. The molecule has 0 saturated carbocycles. The van der Waals surface area contributed by atoms with Crippen molar-refractivity contribution in [1.29, 1.82) is 0 Å². The zero-order valence-corrected chi connectivity index (χ0v) is 13.7. The van der Waals surface area contributed by atoms with Gasteiger partial charge in [-0.1, -0.05) is 35.9 Å². The largest absolute Gasteiger partial charge is 0.241 e. The number of sulfonamides is 1. The molecule has 1 N–H and O–H groups in total. The lowest BCUT2D eigenvalue weighted by Gasteiger charge is -2.08. The Morgan fingerprint density at radius 1 is 1.05 bits per heavy atom. The van der Waals surface area contributed by atoms with Crippen LogP contribution in [-0.2, 0) is 16.4 Å². The molecule has 0 aliphatic rings. The summed E-state index contributed by atoms with van der Waals surface area (Å²) >= 11 is 9.04. The van der Waals surface area contributed by atoms with E-state index < -0.39 is 10.0 Å². The van der Waals surface area contributed by atoms with Gasteiger partial charge < -0.3 is 0 Å². The first-order valence-electron chi connectivity index (χ1n) is 5.98. The maximum atomic E-state index is 12.1. The molecule has 2 rings (SSSR count). The number of rotatable bonds is 5. The predicted molar refractivity (Wildman–Crippen MR) is 84.5 cm³/mol. The zero-order valence-electron chi connectivity index (χ0n) is 10.5. The average molecular weight is 375 g/mol. The van der Waals surface area contributed by atoms with Gasteiger partial charge in [-0.15, -0.1) is 0 Å². The monoisotopic (exact) mass is 373 g/mol. The van der Waals surface area contributed by atoms with E-state index in [1.807, 2.05) is 12.1 Å². The normalized spacial score (nSPS) is 11.5. The van der Waals surface area contributed by atoms with E-state index in [1.54, 1.807) is 36.4 Å². The number of benzene rings is 2. The molecule has 0 radical (unpaired) electrons. The Morgan fingerprint density at radius 2 is 1.70 bits per heavy atom. The van der Waals surface area contributed by atoms with Crippen LogP contribution in [0.2, 0.25) is 5.02 Å². The van der Waals surface area contributed by atoms with Gasteiger partial charge in [0, 0.05) is 16.0 Å². The van der Waals surface area contributed by atoms with Gasteiger partial charge in [0.2, 0.25) is 10.0 Å². The maximum Gasteiger partial charge on any atom is 0.241 e. The van der Waals surface area contributed by atoms with Crippen molar-refractivity contribution in [2.45, 2.75) is 11.3 Å². The van der Waals surface area contributed by atoms with Crippen molar-refractivity contribution in [2.75, 3.05) is 6.54 Å². The van der Waals surface area contributed by atoms with Crippen molar-refractivity contribution in [3.05, 3.63) is 63.6 Å². The van der Waals surface area contributed by atoms with Crippen LogP contribution in [0.25, 0.3) is 0 Å². The Morgan fingerprint density at radius 3 is 2.35 bits per heavy atom. The summed E-state index contributed by atoms with van der Waals surface area (Å²) in [5, 5.41) is 0.669. The molecule has 2 aromatic carbocycles. The van der Waals surface area contributed by atoms with Gasteiger partial charge in [-0.05, 0) is 52.2 Å². The van der Waals surface area contributed by atoms with Crippen molar-refractivity contribution in [2.24, 2.45) is 0 Å². The summed E-state index contributed by atoms with van der Waals surface area (Å²) in [5.74, 6) is 0. The quantitative estimate of drug-likeness (QED) is 0.869. The van der Waals surface area contributed by atoms with E-state index in [0.717, 1.165) is 5.56 Å². The van der Waals surface area contributed by atoms with E-state index >= 15 is 0 Å². The maximum absolute atomic E-state index is 12.1. The third-order valence-corrected chi connectivity index (χ3v) is 5.47. The Hall–Kier alpha value is -0.880. The average Bonchev–Trinajstić information content (AvgIpc) is 2.41. The molecular weight excluding hydrogens is 362 g/mol. The van der Waals surface area contributed by atoms with Crippen LogP contribution in [0.1, 0.15) is 5.56 Å². The number of halogens is 2. The summed E-state index contributed by atoms with van der Waals surface area (Å²) in [6, 6.07) is 14.1. The molecule has 0 fully saturated rings. The Kier molecular flexibility index (Phi) is 5.21. The smallest absolute Gasteiger partial charge is 0.211 e. The third kappa shape index (κ3) is 4.06. The lowest BCUT2D eigenvalue weighted by Crippen LogP contribution is -2.26. The second-order valence-corrected chi connectivity index (χ2v) is 7.23. The molecule has 0 bridgehead atoms. The highest BCUT2D eigenvalue weighted by molar-refractivity contribution is 9.10. The van der Waals surface area contributed by atoms with E-state index in [9.17, 15) is 8.42 Å². The Balaban J connectivity index is 2.00. The van der Waals surface area contributed by atoms with E-state index in [2.05, 4.69) is 20.7 Å². The summed E-state index contributed by atoms with van der Waals surface area (Å²) in [7, 11) is -3.49. The summed E-state index contributed by atoms with van der Waals surface area (Å²) in [6.45, 7) is 0.339. The standard InChI is InChI=1S/C14H13BrClNO2S/c15-13-3-1-2-4-14(13)20(18,19)17-10-9-11-5-7-12(16)8-6-11/h1-8,17H,9-10H2. The highest BCUT2D eigenvalue weighted by atomic mass is 79.9. The first-order valence-corrected chi connectivity index (χ1v) is 8.63. The fourth-order valence-corrected chi connectivity index (χ4v) is 3.88. The van der Waals surface area contributed by atoms with Crippen LogP contribution < -0.4 is 4.72 Å². The van der Waals surface area contributed by atoms with E-state index in [4.69, 9.17) is 11.6 Å². The number of hydrogen-bond acceptors (Lipinski definition) is 2. The molecule has 3 nitrogen and oxygen atoms in total. The molecule has 0 heterocycles. The van der Waals surface area contributed by atoms with Crippen molar-refractivity contribution in [1.82, 2.24) is 4.72 Å². The summed E-state index contributed by atoms with van der Waals surface area (Å²) in [5.41, 5.74) is 1.03. The Bertz CT molecular complexity index is 687. The summed E-state index contributed by atoms with van der Waals surface area (Å²) in [6.07, 6.45) is 0.612. The van der Waals surface area contributed by atoms with Gasteiger partial charge in [-0.25, -0.2) is 13.1 Å². The van der Waals surface area contributed by atoms with Crippen molar-refractivity contribution in [3.63, 3.8) is 0 Å². The predicted octanol–water partition coefficient (Wildman–Crippen LogP) is 3.62. The Labute approximate surface area is 132 Å². The second kappa shape index (κ2) is 6.72. The van der Waals surface area contributed by atoms with E-state index in [1.165, 1.54) is 0 Å². The molecule has 0 atom stereocenters. The minimum absolute atomic E-state index is 0.246. The number of nitrogens with one attached hydrogen (secondary N) is 1. The fraction of sp³-hybridized carbons (Fsp3) is 0.143. The topological polar surface area (TPSA) is 46.2 Å². The number of hydrogen-bond donors (Lipinski definition) is 1. The zero-order chi connectivity index (χ0) is 14.6. The molecule has 0 aliphatic heterocycles. The first-order chi connectivity index (χ1) is 9.49. The van der Waals surface area contributed by atoms with E-state index in [-0.39, 0.29) is 4.90 Å². The van der Waals surface area contributed by atoms with Crippen LogP contribution in [0.4, 0.5) is 0 Å². The van der Waals surface area contributed by atoms with Crippen molar-refractivity contribution >= 4 is 37.6 Å². The van der Waals surface area contributed by atoms with Crippen LogP contribution >= 0.6 is 27.5 Å². The lowest BCUT2D eigenvalue weighted by atomic mass is 10.2. The summed E-state index contributed by atoms with van der Waals surface area (Å²) < 4.78 is 27.4. The van der Waals surface area contributed by atoms with Crippen LogP contribution in [0.5, 0.6) is 0 Å². The molecule has 0 spiro atoms. The van der Waals surface area contributed by atoms with Gasteiger partial charge >= 0.3 is 0 Å². The van der Waals surface area contributed by atoms with Crippen molar-refractivity contribution < 1.29 is 8.42 Å². The highest BCUT2D eigenvalue weighted by Gasteiger charge is 2.16. The molecule has 0 aromatic heterocycles. The second-order valence-electron chi connectivity index (χ2n) is 4.20.